The van der Waals surface area contributed by atoms with Gasteiger partial charge >= 0.3 is 5.97 Å². The molecule has 0 saturated carbocycles. The number of unbranched alkanes of at least 4 members (excludes halogenated alkanes) is 5. The molecule has 0 atom stereocenters. The van der Waals surface area contributed by atoms with Crippen LogP contribution in [0.3, 0.4) is 0 Å². The molecule has 2 aromatic heterocycles. The number of phenols is 3. The van der Waals surface area contributed by atoms with Gasteiger partial charge < -0.3 is 54.7 Å². The zero-order valence-electron chi connectivity index (χ0n) is 43.9. The summed E-state index contributed by atoms with van der Waals surface area (Å²) in [5.74, 6) is -0.803. The summed E-state index contributed by atoms with van der Waals surface area (Å²) < 4.78 is 46.1. The number of hydrogen-bond acceptors (Lipinski definition) is 13. The molecule has 2 amide bonds. The Morgan fingerprint density at radius 1 is 0.637 bits per heavy atom. The molecule has 0 saturated heterocycles. The van der Waals surface area contributed by atoms with Gasteiger partial charge in [0.25, 0.3) is 5.91 Å². The molecule has 1 spiro atoms. The van der Waals surface area contributed by atoms with Crippen LogP contribution in [0.5, 0.6) is 40.4 Å². The topological polar surface area (TPSA) is 220 Å². The van der Waals surface area contributed by atoms with E-state index in [9.17, 15) is 34.8 Å². The third-order valence-electron chi connectivity index (χ3n) is 14.2. The van der Waals surface area contributed by atoms with Gasteiger partial charge in [-0.25, -0.2) is 14.2 Å². The van der Waals surface area contributed by atoms with Crippen LogP contribution in [-0.4, -0.2) is 93.7 Å². The number of aromatic nitrogens is 2. The number of carbonyl (C=O) groups excluding carboxylic acids is 3. The normalized spacial score (nSPS) is 12.8. The zero-order chi connectivity index (χ0) is 55.6. The molecule has 6 aromatic carbocycles. The molecule has 80 heavy (non-hydrogen) atoms. The number of ether oxygens (including phenoxy) is 5. The van der Waals surface area contributed by atoms with Gasteiger partial charge in [-0.2, -0.15) is 0 Å². The van der Waals surface area contributed by atoms with Crippen molar-refractivity contribution in [3.8, 4) is 51.6 Å². The second kappa shape index (κ2) is 24.8. The molecule has 4 heterocycles. The molecule has 412 valence electrons. The van der Waals surface area contributed by atoms with Gasteiger partial charge in [0.15, 0.2) is 23.0 Å². The van der Waals surface area contributed by atoms with E-state index in [1.807, 2.05) is 42.5 Å². The second-order valence-corrected chi connectivity index (χ2v) is 19.8. The Kier molecular flexibility index (Phi) is 16.9. The Hall–Kier alpha value is -8.93. The van der Waals surface area contributed by atoms with Gasteiger partial charge in [-0.3, -0.25) is 14.0 Å². The van der Waals surface area contributed by atoms with Crippen LogP contribution in [0.2, 0.25) is 0 Å². The monoisotopic (exact) mass is 1080 g/mol. The van der Waals surface area contributed by atoms with Crippen LogP contribution < -0.4 is 20.1 Å². The van der Waals surface area contributed by atoms with Crippen molar-refractivity contribution in [1.29, 1.82) is 0 Å². The van der Waals surface area contributed by atoms with Gasteiger partial charge in [-0.05, 0) is 109 Å². The first-order chi connectivity index (χ1) is 38.9. The molecule has 0 unspecified atom stereocenters. The summed E-state index contributed by atoms with van der Waals surface area (Å²) in [6.07, 6.45) is 8.36. The number of benzene rings is 6. The maximum Gasteiger partial charge on any atom is 0.340 e. The van der Waals surface area contributed by atoms with E-state index in [1.165, 1.54) is 30.3 Å². The number of rotatable bonds is 25. The summed E-state index contributed by atoms with van der Waals surface area (Å²) in [5.41, 5.74) is 5.75. The van der Waals surface area contributed by atoms with E-state index in [2.05, 4.69) is 10.6 Å². The van der Waals surface area contributed by atoms with E-state index in [1.54, 1.807) is 71.3 Å². The lowest BCUT2D eigenvalue weighted by Gasteiger charge is -2.36. The van der Waals surface area contributed by atoms with Crippen molar-refractivity contribution in [3.63, 3.8) is 0 Å². The van der Waals surface area contributed by atoms with E-state index in [0.717, 1.165) is 60.9 Å². The fourth-order valence-electron chi connectivity index (χ4n) is 10.2. The summed E-state index contributed by atoms with van der Waals surface area (Å²) in [6, 6.07) is 37.2. The Labute approximate surface area is 461 Å². The predicted molar refractivity (Wildman–Crippen MR) is 295 cm³/mol. The fourth-order valence-corrected chi connectivity index (χ4v) is 10.2. The maximum atomic E-state index is 15.3. The second-order valence-electron chi connectivity index (χ2n) is 19.8. The lowest BCUT2D eigenvalue weighted by atomic mass is 9.77. The third kappa shape index (κ3) is 12.3. The molecule has 17 heteroatoms. The van der Waals surface area contributed by atoms with Gasteiger partial charge in [0.2, 0.25) is 5.91 Å². The number of phenolic OH excluding ortho intramolecular Hbond substituents is 3. The molecule has 0 aliphatic carbocycles. The van der Waals surface area contributed by atoms with E-state index in [4.69, 9.17) is 28.7 Å². The molecule has 16 nitrogen and oxygen atoms in total. The summed E-state index contributed by atoms with van der Waals surface area (Å²) in [5, 5.41) is 47.5. The van der Waals surface area contributed by atoms with Crippen molar-refractivity contribution >= 4 is 23.3 Å². The minimum absolute atomic E-state index is 0.0528. The number of nitrogens with zero attached hydrogens (tertiary/aromatic N) is 2. The SMILES string of the molecule is O=C(CCOCCOCCNC(=O)c1ccc2c(c1)C1(OC2=O)c2ccc(O)cc2Oc2cc(O)ccc21)NCCCCCCCCOc1ccc(Cc2cc3c(Cc4ccccc4)nc(-c4ccc(O)cc4)cn3c2O)cc1F. The number of fused-ring (bicyclic) bond motifs is 7. The number of hydrogen-bond donors (Lipinski definition) is 6. The summed E-state index contributed by atoms with van der Waals surface area (Å²) >= 11 is 0. The van der Waals surface area contributed by atoms with Crippen LogP contribution in [0, 0.1) is 5.82 Å². The average Bonchev–Trinajstić information content (AvgIpc) is 4.01. The molecule has 2 aliphatic rings. The summed E-state index contributed by atoms with van der Waals surface area (Å²) in [6.45, 7) is 2.17. The highest BCUT2D eigenvalue weighted by atomic mass is 19.1. The Morgan fingerprint density at radius 3 is 2.08 bits per heavy atom. The van der Waals surface area contributed by atoms with Crippen LogP contribution in [-0.2, 0) is 37.4 Å². The highest BCUT2D eigenvalue weighted by molar-refractivity contribution is 6.00. The summed E-state index contributed by atoms with van der Waals surface area (Å²) in [7, 11) is 0. The lowest BCUT2D eigenvalue weighted by Crippen LogP contribution is -2.33. The van der Waals surface area contributed by atoms with Crippen LogP contribution >= 0.6 is 0 Å². The zero-order valence-corrected chi connectivity index (χ0v) is 43.9. The first-order valence-electron chi connectivity index (χ1n) is 26.8. The van der Waals surface area contributed by atoms with E-state index < -0.39 is 23.3 Å². The number of carbonyl (C=O) groups is 3. The van der Waals surface area contributed by atoms with E-state index in [0.29, 0.717) is 59.5 Å². The van der Waals surface area contributed by atoms with Crippen molar-refractivity contribution in [2.45, 2.75) is 63.4 Å². The average molecular weight is 1090 g/mol. The molecular weight excluding hydrogens is 1020 g/mol. The maximum absolute atomic E-state index is 15.3. The van der Waals surface area contributed by atoms with Crippen LogP contribution in [0.1, 0.15) is 105 Å². The highest BCUT2D eigenvalue weighted by Crippen LogP contribution is 2.57. The largest absolute Gasteiger partial charge is 0.508 e. The quantitative estimate of drug-likeness (QED) is 0.0232. The van der Waals surface area contributed by atoms with Gasteiger partial charge in [0, 0.05) is 84.1 Å². The number of nitrogens with one attached hydrogen (secondary N) is 2. The molecule has 0 radical (unpaired) electrons. The smallest absolute Gasteiger partial charge is 0.340 e. The van der Waals surface area contributed by atoms with Gasteiger partial charge in [-0.15, -0.1) is 0 Å². The number of halogens is 1. The van der Waals surface area contributed by atoms with Crippen molar-refractivity contribution in [2.75, 3.05) is 46.1 Å². The van der Waals surface area contributed by atoms with E-state index in [-0.39, 0.29) is 96.8 Å². The minimum Gasteiger partial charge on any atom is -0.508 e. The molecule has 2 aliphatic heterocycles. The van der Waals surface area contributed by atoms with Crippen LogP contribution in [0.4, 0.5) is 4.39 Å². The van der Waals surface area contributed by atoms with Crippen molar-refractivity contribution in [1.82, 2.24) is 20.0 Å². The van der Waals surface area contributed by atoms with Crippen molar-refractivity contribution < 1.29 is 62.9 Å². The van der Waals surface area contributed by atoms with Gasteiger partial charge in [0.05, 0.1) is 55.5 Å². The molecule has 10 rings (SSSR count). The molecule has 0 bridgehead atoms. The number of esters is 1. The van der Waals surface area contributed by atoms with Gasteiger partial charge in [-0.1, -0.05) is 62.1 Å². The Balaban J connectivity index is 0.573. The minimum atomic E-state index is -1.49. The number of aromatic hydroxyl groups is 4. The van der Waals surface area contributed by atoms with Crippen molar-refractivity contribution in [2.24, 2.45) is 0 Å². The number of amides is 2. The molecular formula is C63H61FN4O12. The standard InChI is InChI=1S/C63H61FN4O12/c64-52-33-41(32-44-36-55-53(34-40-10-6-5-7-11-40)67-54(39-68(55)61(44)74)42-13-16-45(69)17-14-42)12-23-56(52)78-27-9-4-2-1-3-8-25-65-59(72)24-28-76-30-31-77-29-26-66-60(73)43-15-20-48-51(35-43)63(80-62(48)75)49-21-18-46(70)37-57(49)79-58-38-47(71)19-22-50(58)63/h5-7,10-23,33,35-39,69-71,74H,1-4,8-9,24-32,34H2,(H,65,72)(H,66,73). The van der Waals surface area contributed by atoms with E-state index >= 15 is 4.39 Å². The van der Waals surface area contributed by atoms with Crippen molar-refractivity contribution in [3.05, 3.63) is 196 Å². The lowest BCUT2D eigenvalue weighted by molar-refractivity contribution is -0.122. The van der Waals surface area contributed by atoms with Gasteiger partial charge in [0.1, 0.15) is 28.7 Å². The molecule has 8 aromatic rings. The van der Waals surface area contributed by atoms with Crippen LogP contribution in [0.25, 0.3) is 16.8 Å². The fraction of sp³-hybridized carbons (Fsp3) is 0.270. The molecule has 0 fully saturated rings. The molecule has 6 N–H and O–H groups in total. The van der Waals surface area contributed by atoms with Crippen LogP contribution in [0.15, 0.2) is 140 Å². The third-order valence-corrected chi connectivity index (χ3v) is 14.2. The summed E-state index contributed by atoms with van der Waals surface area (Å²) in [4.78, 5) is 43.9. The Bertz CT molecular complexity index is 3480. The predicted octanol–water partition coefficient (Wildman–Crippen LogP) is 10.4. The first kappa shape index (κ1) is 54.4. The highest BCUT2D eigenvalue weighted by Gasteiger charge is 2.54. The Morgan fingerprint density at radius 2 is 1.34 bits per heavy atom. The first-order valence-corrected chi connectivity index (χ1v) is 26.8.